The van der Waals surface area contributed by atoms with Crippen LogP contribution < -0.4 is 0 Å². The number of carbonyl (C=O) groups excluding carboxylic acids is 1. The van der Waals surface area contributed by atoms with Gasteiger partial charge in [0.2, 0.25) is 0 Å². The normalized spacial score (nSPS) is 16.2. The number of benzene rings is 1. The van der Waals surface area contributed by atoms with E-state index >= 15 is 0 Å². The number of rotatable bonds is 1. The van der Waals surface area contributed by atoms with Crippen LogP contribution in [0.2, 0.25) is 0 Å². The number of hydrogen-bond acceptors (Lipinski definition) is 2. The minimum Gasteiger partial charge on any atom is -0.378 e. The van der Waals surface area contributed by atoms with Crippen molar-refractivity contribution in [3.8, 4) is 0 Å². The van der Waals surface area contributed by atoms with Gasteiger partial charge in [0.15, 0.2) is 0 Å². The summed E-state index contributed by atoms with van der Waals surface area (Å²) in [4.78, 5) is 14.0. The van der Waals surface area contributed by atoms with Crippen LogP contribution in [0.5, 0.6) is 0 Å². The molecule has 0 aromatic heterocycles. The molecule has 1 aromatic rings. The maximum Gasteiger partial charge on any atom is 0.254 e. The second-order valence-electron chi connectivity index (χ2n) is 3.86. The van der Waals surface area contributed by atoms with E-state index in [1.807, 2.05) is 30.0 Å². The molecule has 0 N–H and O–H groups in total. The van der Waals surface area contributed by atoms with Crippen LogP contribution in [0.25, 0.3) is 0 Å². The third-order valence-electron chi connectivity index (χ3n) is 2.72. The summed E-state index contributed by atoms with van der Waals surface area (Å²) in [5, 5.41) is 0. The molecular formula is C12H14BrNO2. The molecule has 0 atom stereocenters. The molecule has 0 spiro atoms. The molecule has 0 unspecified atom stereocenters. The Labute approximate surface area is 104 Å². The fourth-order valence-electron chi connectivity index (χ4n) is 1.80. The Balaban J connectivity index is 2.19. The van der Waals surface area contributed by atoms with Crippen molar-refractivity contribution in [2.45, 2.75) is 6.92 Å². The van der Waals surface area contributed by atoms with E-state index < -0.39 is 0 Å². The highest BCUT2D eigenvalue weighted by atomic mass is 79.9. The molecule has 0 bridgehead atoms. The first-order valence-corrected chi connectivity index (χ1v) is 6.11. The van der Waals surface area contributed by atoms with Crippen molar-refractivity contribution >= 4 is 21.8 Å². The van der Waals surface area contributed by atoms with E-state index in [4.69, 9.17) is 4.74 Å². The first-order valence-electron chi connectivity index (χ1n) is 5.31. The number of hydrogen-bond donors (Lipinski definition) is 0. The van der Waals surface area contributed by atoms with Crippen LogP contribution >= 0.6 is 15.9 Å². The van der Waals surface area contributed by atoms with Crippen molar-refractivity contribution in [3.63, 3.8) is 0 Å². The minimum atomic E-state index is 0.105. The smallest absolute Gasteiger partial charge is 0.254 e. The maximum absolute atomic E-state index is 12.2. The van der Waals surface area contributed by atoms with Gasteiger partial charge in [-0.15, -0.1) is 0 Å². The lowest BCUT2D eigenvalue weighted by Crippen LogP contribution is -2.40. The molecule has 1 amide bonds. The highest BCUT2D eigenvalue weighted by molar-refractivity contribution is 9.10. The van der Waals surface area contributed by atoms with Gasteiger partial charge in [0, 0.05) is 23.1 Å². The van der Waals surface area contributed by atoms with E-state index in [9.17, 15) is 4.79 Å². The Hall–Kier alpha value is -0.870. The molecule has 2 rings (SSSR count). The molecule has 1 aliphatic heterocycles. The van der Waals surface area contributed by atoms with Crippen LogP contribution in [0, 0.1) is 6.92 Å². The molecule has 0 saturated carbocycles. The molecule has 1 aromatic carbocycles. The third kappa shape index (κ3) is 2.44. The van der Waals surface area contributed by atoms with Crippen LogP contribution in [0.3, 0.4) is 0 Å². The van der Waals surface area contributed by atoms with Gasteiger partial charge in [0.1, 0.15) is 0 Å². The summed E-state index contributed by atoms with van der Waals surface area (Å²) < 4.78 is 6.24. The van der Waals surface area contributed by atoms with Crippen molar-refractivity contribution in [2.75, 3.05) is 26.3 Å². The lowest BCUT2D eigenvalue weighted by atomic mass is 10.1. The molecule has 16 heavy (non-hydrogen) atoms. The van der Waals surface area contributed by atoms with E-state index in [0.717, 1.165) is 15.6 Å². The number of nitrogens with zero attached hydrogens (tertiary/aromatic N) is 1. The fourth-order valence-corrected chi connectivity index (χ4v) is 2.28. The third-order valence-corrected chi connectivity index (χ3v) is 3.21. The van der Waals surface area contributed by atoms with E-state index in [2.05, 4.69) is 15.9 Å². The second kappa shape index (κ2) is 4.97. The Morgan fingerprint density at radius 2 is 2.06 bits per heavy atom. The number of ether oxygens (including phenoxy) is 1. The van der Waals surface area contributed by atoms with Crippen molar-refractivity contribution in [2.24, 2.45) is 0 Å². The Kier molecular flexibility index (Phi) is 3.61. The second-order valence-corrected chi connectivity index (χ2v) is 4.78. The van der Waals surface area contributed by atoms with Crippen LogP contribution in [0.4, 0.5) is 0 Å². The Morgan fingerprint density at radius 1 is 1.38 bits per heavy atom. The van der Waals surface area contributed by atoms with Crippen molar-refractivity contribution in [3.05, 3.63) is 33.8 Å². The molecule has 0 aliphatic carbocycles. The van der Waals surface area contributed by atoms with Crippen molar-refractivity contribution in [1.82, 2.24) is 4.90 Å². The molecule has 1 saturated heterocycles. The van der Waals surface area contributed by atoms with Crippen LogP contribution in [0.15, 0.2) is 22.7 Å². The molecule has 1 fully saturated rings. The zero-order chi connectivity index (χ0) is 11.5. The summed E-state index contributed by atoms with van der Waals surface area (Å²) in [6.07, 6.45) is 0. The lowest BCUT2D eigenvalue weighted by Gasteiger charge is -2.27. The highest BCUT2D eigenvalue weighted by Crippen LogP contribution is 2.17. The molecule has 86 valence electrons. The largest absolute Gasteiger partial charge is 0.378 e. The topological polar surface area (TPSA) is 29.5 Å². The fraction of sp³-hybridized carbons (Fsp3) is 0.417. The number of morpholine rings is 1. The Morgan fingerprint density at radius 3 is 2.69 bits per heavy atom. The summed E-state index contributed by atoms with van der Waals surface area (Å²) in [7, 11) is 0. The SMILES string of the molecule is Cc1cc(Br)ccc1C(=O)N1CCOCC1. The summed E-state index contributed by atoms with van der Waals surface area (Å²) in [5.41, 5.74) is 1.79. The minimum absolute atomic E-state index is 0.105. The van der Waals surface area contributed by atoms with Crippen LogP contribution in [0.1, 0.15) is 15.9 Å². The average Bonchev–Trinajstić information content (AvgIpc) is 2.29. The van der Waals surface area contributed by atoms with E-state index in [1.54, 1.807) is 0 Å². The zero-order valence-electron chi connectivity index (χ0n) is 9.20. The van der Waals surface area contributed by atoms with Gasteiger partial charge in [-0.2, -0.15) is 0 Å². The summed E-state index contributed by atoms with van der Waals surface area (Å²) >= 11 is 3.40. The summed E-state index contributed by atoms with van der Waals surface area (Å²) in [6.45, 7) is 4.61. The molecule has 4 heteroatoms. The predicted octanol–water partition coefficient (Wildman–Crippen LogP) is 2.23. The van der Waals surface area contributed by atoms with Gasteiger partial charge in [0.25, 0.3) is 5.91 Å². The van der Waals surface area contributed by atoms with Gasteiger partial charge in [-0.1, -0.05) is 15.9 Å². The molecular weight excluding hydrogens is 270 g/mol. The number of halogens is 1. The number of amides is 1. The molecule has 1 aliphatic rings. The van der Waals surface area contributed by atoms with Crippen molar-refractivity contribution < 1.29 is 9.53 Å². The van der Waals surface area contributed by atoms with Gasteiger partial charge in [-0.05, 0) is 30.7 Å². The molecule has 3 nitrogen and oxygen atoms in total. The first kappa shape index (κ1) is 11.6. The standard InChI is InChI=1S/C12H14BrNO2/c1-9-8-10(13)2-3-11(9)12(15)14-4-6-16-7-5-14/h2-3,8H,4-7H2,1H3. The van der Waals surface area contributed by atoms with E-state index in [0.29, 0.717) is 26.3 Å². The Bertz CT molecular complexity index is 400. The first-order chi connectivity index (χ1) is 7.68. The van der Waals surface area contributed by atoms with Gasteiger partial charge >= 0.3 is 0 Å². The predicted molar refractivity (Wildman–Crippen MR) is 65.6 cm³/mol. The molecule has 0 radical (unpaired) electrons. The molecule has 1 heterocycles. The van der Waals surface area contributed by atoms with E-state index in [-0.39, 0.29) is 5.91 Å². The average molecular weight is 284 g/mol. The number of aryl methyl sites for hydroxylation is 1. The monoisotopic (exact) mass is 283 g/mol. The van der Waals surface area contributed by atoms with Gasteiger partial charge < -0.3 is 9.64 Å². The quantitative estimate of drug-likeness (QED) is 0.791. The summed E-state index contributed by atoms with van der Waals surface area (Å²) in [5.74, 6) is 0.105. The highest BCUT2D eigenvalue weighted by Gasteiger charge is 2.19. The zero-order valence-corrected chi connectivity index (χ0v) is 10.8. The number of carbonyl (C=O) groups is 1. The van der Waals surface area contributed by atoms with E-state index in [1.165, 1.54) is 0 Å². The van der Waals surface area contributed by atoms with Crippen LogP contribution in [-0.2, 0) is 4.74 Å². The van der Waals surface area contributed by atoms with Crippen molar-refractivity contribution in [1.29, 1.82) is 0 Å². The lowest BCUT2D eigenvalue weighted by molar-refractivity contribution is 0.0302. The van der Waals surface area contributed by atoms with Gasteiger partial charge in [0.05, 0.1) is 13.2 Å². The van der Waals surface area contributed by atoms with Gasteiger partial charge in [-0.3, -0.25) is 4.79 Å². The van der Waals surface area contributed by atoms with Crippen LogP contribution in [-0.4, -0.2) is 37.1 Å². The maximum atomic E-state index is 12.2. The van der Waals surface area contributed by atoms with Gasteiger partial charge in [-0.25, -0.2) is 0 Å². The summed E-state index contributed by atoms with van der Waals surface area (Å²) in [6, 6.07) is 5.74.